The number of alkyl halides is 3. The fourth-order valence-electron chi connectivity index (χ4n) is 6.05. The highest BCUT2D eigenvalue weighted by Crippen LogP contribution is 2.44. The lowest BCUT2D eigenvalue weighted by molar-refractivity contribution is -0.183. The fourth-order valence-corrected chi connectivity index (χ4v) is 6.05. The lowest BCUT2D eigenvalue weighted by atomic mass is 9.78. The molecule has 2 aromatic carbocycles. The lowest BCUT2D eigenvalue weighted by Crippen LogP contribution is -2.60. The van der Waals surface area contributed by atoms with E-state index in [0.29, 0.717) is 37.6 Å². The number of ether oxygens (including phenoxy) is 6. The van der Waals surface area contributed by atoms with Crippen LogP contribution in [0.2, 0.25) is 0 Å². The second kappa shape index (κ2) is 13.7. The van der Waals surface area contributed by atoms with Gasteiger partial charge in [0, 0.05) is 39.0 Å². The molecule has 0 radical (unpaired) electrons. The molecule has 1 saturated carbocycles. The Morgan fingerprint density at radius 2 is 1.75 bits per heavy atom. The van der Waals surface area contributed by atoms with E-state index in [0.717, 1.165) is 30.8 Å². The van der Waals surface area contributed by atoms with Gasteiger partial charge < -0.3 is 33.7 Å². The van der Waals surface area contributed by atoms with Crippen molar-refractivity contribution in [2.75, 3.05) is 46.5 Å². The Morgan fingerprint density at radius 1 is 1.02 bits per heavy atom. The van der Waals surface area contributed by atoms with Crippen LogP contribution in [0.15, 0.2) is 48.5 Å². The molecule has 1 N–H and O–H groups in total. The van der Waals surface area contributed by atoms with Gasteiger partial charge in [-0.1, -0.05) is 24.3 Å². The zero-order valence-electron chi connectivity index (χ0n) is 25.4. The van der Waals surface area contributed by atoms with E-state index >= 15 is 0 Å². The van der Waals surface area contributed by atoms with Crippen molar-refractivity contribution >= 4 is 5.91 Å². The van der Waals surface area contributed by atoms with Gasteiger partial charge in [-0.3, -0.25) is 9.69 Å². The molecule has 1 aliphatic carbocycles. The summed E-state index contributed by atoms with van der Waals surface area (Å²) in [4.78, 5) is 16.3. The number of nitrogens with zero attached hydrogens (tertiary/aromatic N) is 1. The highest BCUT2D eigenvalue weighted by molar-refractivity contribution is 5.85. The Labute approximate surface area is 255 Å². The number of fused-ring (bicyclic) bond motifs is 1. The van der Waals surface area contributed by atoms with Crippen molar-refractivity contribution < 1.29 is 46.4 Å². The number of hydrogen-bond acceptors (Lipinski definition) is 8. The maximum Gasteiger partial charge on any atom is 0.416 e. The number of carbonyl (C=O) groups is 1. The van der Waals surface area contributed by atoms with Gasteiger partial charge in [0.15, 0.2) is 11.4 Å². The topological polar surface area (TPSA) is 87.7 Å². The first kappa shape index (κ1) is 32.6. The molecule has 3 aliphatic rings. The Balaban J connectivity index is 1.37. The molecule has 44 heavy (non-hydrogen) atoms. The Hall–Kier alpha value is -2.74. The van der Waals surface area contributed by atoms with E-state index in [-0.39, 0.29) is 32.0 Å². The number of benzene rings is 2. The predicted octanol–water partition coefficient (Wildman–Crippen LogP) is 4.32. The molecule has 0 aromatic heterocycles. The van der Waals surface area contributed by atoms with Crippen LogP contribution < -0.4 is 10.1 Å². The van der Waals surface area contributed by atoms with E-state index in [9.17, 15) is 18.0 Å². The smallest absolute Gasteiger partial charge is 0.416 e. The van der Waals surface area contributed by atoms with Crippen molar-refractivity contribution in [1.82, 2.24) is 10.2 Å². The molecule has 5 rings (SSSR count). The first-order chi connectivity index (χ1) is 21.0. The second-order valence-electron chi connectivity index (χ2n) is 11.9. The molecule has 4 atom stereocenters. The number of rotatable bonds is 11. The molecular formula is C32H41F3N2O7. The van der Waals surface area contributed by atoms with Gasteiger partial charge in [0.05, 0.1) is 51.3 Å². The molecule has 9 nitrogen and oxygen atoms in total. The summed E-state index contributed by atoms with van der Waals surface area (Å²) >= 11 is 0. The van der Waals surface area contributed by atoms with Crippen LogP contribution in [0.3, 0.4) is 0 Å². The normalized spacial score (nSPS) is 27.1. The van der Waals surface area contributed by atoms with Crippen LogP contribution in [0.4, 0.5) is 13.2 Å². The molecule has 2 saturated heterocycles. The van der Waals surface area contributed by atoms with Gasteiger partial charge >= 0.3 is 6.18 Å². The third-order valence-corrected chi connectivity index (χ3v) is 8.25. The summed E-state index contributed by atoms with van der Waals surface area (Å²) in [7, 11) is 1.58. The van der Waals surface area contributed by atoms with Gasteiger partial charge in [-0.15, -0.1) is 0 Å². The number of nitrogens with one attached hydrogen (secondary N) is 1. The van der Waals surface area contributed by atoms with Crippen molar-refractivity contribution in [2.24, 2.45) is 0 Å². The van der Waals surface area contributed by atoms with Crippen molar-refractivity contribution in [3.8, 4) is 5.75 Å². The zero-order valence-corrected chi connectivity index (χ0v) is 25.4. The third-order valence-electron chi connectivity index (χ3n) is 8.25. The molecule has 3 fully saturated rings. The summed E-state index contributed by atoms with van der Waals surface area (Å²) in [5.74, 6) is -0.577. The number of morpholine rings is 1. The summed E-state index contributed by atoms with van der Waals surface area (Å²) in [6.07, 6.45) is -5.90. The average Bonchev–Trinajstić information content (AvgIpc) is 3.32. The SMILES string of the molecule is COc1cccc(CO[C@]2(C(=O)NCCN3CCOCC3)CC(OCc3cccc(C(F)(F)F)c3)[C@@H]3OC(C)(C)O[C@@H]3C2)c1. The molecule has 12 heteroatoms. The highest BCUT2D eigenvalue weighted by Gasteiger charge is 2.58. The molecule has 2 aromatic rings. The number of hydrogen-bond donors (Lipinski definition) is 1. The standard InChI is InChI=1S/C32H41F3N2O7/c1-30(2)43-27-19-31(42-21-23-7-5-9-25(17-23)39-3,29(38)36-10-11-37-12-14-40-15-13-37)18-26(28(27)44-30)41-20-22-6-4-8-24(16-22)32(33,34)35/h4-9,16-17,26-28H,10-15,18-21H2,1-3H3,(H,36,38)/t26?,27-,28+,31-/m1/s1. The van der Waals surface area contributed by atoms with Crippen LogP contribution >= 0.6 is 0 Å². The van der Waals surface area contributed by atoms with E-state index in [4.69, 9.17) is 28.4 Å². The van der Waals surface area contributed by atoms with Crippen LogP contribution in [-0.4, -0.2) is 87.0 Å². The summed E-state index contributed by atoms with van der Waals surface area (Å²) < 4.78 is 76.1. The molecular weight excluding hydrogens is 581 g/mol. The summed E-state index contributed by atoms with van der Waals surface area (Å²) in [5.41, 5.74) is -0.926. The Morgan fingerprint density at radius 3 is 2.48 bits per heavy atom. The van der Waals surface area contributed by atoms with E-state index in [1.165, 1.54) is 6.07 Å². The minimum Gasteiger partial charge on any atom is -0.497 e. The van der Waals surface area contributed by atoms with Gasteiger partial charge in [0.1, 0.15) is 11.9 Å². The van der Waals surface area contributed by atoms with Gasteiger partial charge in [0.2, 0.25) is 0 Å². The van der Waals surface area contributed by atoms with Crippen molar-refractivity contribution in [1.29, 1.82) is 0 Å². The Kier molecular flexibility index (Phi) is 10.2. The molecule has 0 spiro atoms. The van der Waals surface area contributed by atoms with Crippen molar-refractivity contribution in [3.05, 3.63) is 65.2 Å². The third kappa shape index (κ3) is 8.09. The largest absolute Gasteiger partial charge is 0.497 e. The maximum atomic E-state index is 14.0. The van der Waals surface area contributed by atoms with Gasteiger partial charge in [-0.25, -0.2) is 0 Å². The van der Waals surface area contributed by atoms with Crippen LogP contribution in [0, 0.1) is 0 Å². The first-order valence-corrected chi connectivity index (χ1v) is 14.9. The van der Waals surface area contributed by atoms with E-state index in [1.807, 2.05) is 24.3 Å². The molecule has 242 valence electrons. The van der Waals surface area contributed by atoms with Gasteiger partial charge in [-0.2, -0.15) is 13.2 Å². The highest BCUT2D eigenvalue weighted by atomic mass is 19.4. The predicted molar refractivity (Wildman–Crippen MR) is 154 cm³/mol. The van der Waals surface area contributed by atoms with E-state index in [1.54, 1.807) is 27.0 Å². The van der Waals surface area contributed by atoms with Gasteiger partial charge in [0.25, 0.3) is 5.91 Å². The van der Waals surface area contributed by atoms with E-state index < -0.39 is 41.4 Å². The minimum atomic E-state index is -4.47. The molecule has 1 unspecified atom stereocenters. The van der Waals surface area contributed by atoms with Crippen molar-refractivity contribution in [2.45, 2.75) is 75.8 Å². The minimum absolute atomic E-state index is 0.105. The molecule has 2 aliphatic heterocycles. The fraction of sp³-hybridized carbons (Fsp3) is 0.594. The quantitative estimate of drug-likeness (QED) is 0.397. The summed E-state index contributed by atoms with van der Waals surface area (Å²) in [5, 5.41) is 3.07. The first-order valence-electron chi connectivity index (χ1n) is 14.9. The summed E-state index contributed by atoms with van der Waals surface area (Å²) in [6, 6.07) is 12.4. The van der Waals surface area contributed by atoms with Crippen LogP contribution in [0.25, 0.3) is 0 Å². The number of methoxy groups -OCH3 is 1. The molecule has 1 amide bonds. The van der Waals surface area contributed by atoms with E-state index in [2.05, 4.69) is 10.2 Å². The number of halogens is 3. The van der Waals surface area contributed by atoms with Gasteiger partial charge in [-0.05, 0) is 49.2 Å². The summed E-state index contributed by atoms with van der Waals surface area (Å²) in [6.45, 7) is 7.57. The molecule has 0 bridgehead atoms. The van der Waals surface area contributed by atoms with Crippen molar-refractivity contribution in [3.63, 3.8) is 0 Å². The number of carbonyl (C=O) groups excluding carboxylic acids is 1. The molecule has 2 heterocycles. The lowest BCUT2D eigenvalue weighted by Gasteiger charge is -2.43. The number of amides is 1. The average molecular weight is 623 g/mol. The van der Waals surface area contributed by atoms with Crippen LogP contribution in [-0.2, 0) is 47.9 Å². The van der Waals surface area contributed by atoms with Crippen LogP contribution in [0.1, 0.15) is 43.4 Å². The maximum absolute atomic E-state index is 14.0. The van der Waals surface area contributed by atoms with Crippen LogP contribution in [0.5, 0.6) is 5.75 Å². The Bertz CT molecular complexity index is 1270. The monoisotopic (exact) mass is 622 g/mol. The second-order valence-corrected chi connectivity index (χ2v) is 11.9. The zero-order chi connectivity index (χ0) is 31.4.